The van der Waals surface area contributed by atoms with Crippen molar-refractivity contribution in [3.8, 4) is 5.75 Å². The summed E-state index contributed by atoms with van der Waals surface area (Å²) < 4.78 is 60.1. The van der Waals surface area contributed by atoms with Crippen molar-refractivity contribution < 1.29 is 31.8 Å². The lowest BCUT2D eigenvalue weighted by molar-refractivity contribution is -0.139. The Morgan fingerprint density at radius 2 is 1.90 bits per heavy atom. The molecule has 2 rings (SSSR count). The lowest BCUT2D eigenvalue weighted by Gasteiger charge is -2.22. The average Bonchev–Trinajstić information content (AvgIpc) is 2.69. The van der Waals surface area contributed by atoms with Gasteiger partial charge >= 0.3 is 5.97 Å². The number of carboxylic acid groups (broad SMARTS) is 1. The van der Waals surface area contributed by atoms with Crippen LogP contribution in [-0.2, 0) is 14.8 Å². The monoisotopic (exact) mass is 537 g/mol. The maximum Gasteiger partial charge on any atom is 0.341 e. The molecule has 2 aromatic carbocycles. The summed E-state index contributed by atoms with van der Waals surface area (Å²) in [5.41, 5.74) is 0.747. The molecule has 0 saturated heterocycles. The Labute approximate surface area is 192 Å². The number of hydrogen-bond donors (Lipinski definition) is 1. The molecule has 1 N–H and O–H groups in total. The van der Waals surface area contributed by atoms with Crippen molar-refractivity contribution in [1.29, 1.82) is 0 Å². The third kappa shape index (κ3) is 6.90. The van der Waals surface area contributed by atoms with Gasteiger partial charge in [0.25, 0.3) is 0 Å². The van der Waals surface area contributed by atoms with Crippen LogP contribution in [0.3, 0.4) is 0 Å². The maximum absolute atomic E-state index is 14.3. The molecule has 170 valence electrons. The first-order valence-corrected chi connectivity index (χ1v) is 12.5. The fourth-order valence-corrected chi connectivity index (χ4v) is 5.71. The van der Waals surface area contributed by atoms with Gasteiger partial charge in [-0.1, -0.05) is 6.92 Å². The number of halogens is 3. The molecular weight excluding hydrogens is 516 g/mol. The van der Waals surface area contributed by atoms with Crippen molar-refractivity contribution >= 4 is 43.7 Å². The highest BCUT2D eigenvalue weighted by molar-refractivity contribution is 9.10. The Morgan fingerprint density at radius 1 is 1.19 bits per heavy atom. The normalized spacial score (nSPS) is 11.7. The third-order valence-corrected chi connectivity index (χ3v) is 7.67. The van der Waals surface area contributed by atoms with Gasteiger partial charge in [-0.3, -0.25) is 0 Å². The molecule has 6 nitrogen and oxygen atoms in total. The van der Waals surface area contributed by atoms with Gasteiger partial charge in [-0.2, -0.15) is 4.31 Å². The molecule has 0 aliphatic carbocycles. The second kappa shape index (κ2) is 11.3. The number of nitrogens with zero attached hydrogens (tertiary/aromatic N) is 1. The summed E-state index contributed by atoms with van der Waals surface area (Å²) in [6, 6.07) is 6.70. The van der Waals surface area contributed by atoms with E-state index >= 15 is 0 Å². The van der Waals surface area contributed by atoms with Gasteiger partial charge < -0.3 is 9.84 Å². The Kier molecular flexibility index (Phi) is 9.28. The van der Waals surface area contributed by atoms with Crippen LogP contribution in [0, 0.1) is 18.6 Å². The van der Waals surface area contributed by atoms with E-state index in [0.717, 1.165) is 20.8 Å². The zero-order chi connectivity index (χ0) is 23.2. The minimum Gasteiger partial charge on any atom is -0.482 e. The molecule has 0 bridgehead atoms. The maximum atomic E-state index is 14.3. The van der Waals surface area contributed by atoms with Crippen molar-refractivity contribution in [1.82, 2.24) is 4.31 Å². The highest BCUT2D eigenvalue weighted by Gasteiger charge is 2.28. The van der Waals surface area contributed by atoms with E-state index in [4.69, 9.17) is 9.84 Å². The summed E-state index contributed by atoms with van der Waals surface area (Å²) in [6.07, 6.45) is 0.513. The minimum atomic E-state index is -4.21. The second-order valence-electron chi connectivity index (χ2n) is 6.56. The Bertz CT molecular complexity index is 1050. The number of aliphatic carboxylic acids is 1. The van der Waals surface area contributed by atoms with E-state index in [2.05, 4.69) is 15.9 Å². The standard InChI is InChI=1S/C20H22BrF2NO5S2/c1-3-6-24(31(27,28)19-11-16(22)15(21)10-17(19)23)7-8-30-14-4-5-18(13(2)9-14)29-12-20(25)26/h4-5,9-11H,3,6-8,12H2,1-2H3,(H,25,26). The number of hydrogen-bond acceptors (Lipinski definition) is 5. The Morgan fingerprint density at radius 3 is 2.52 bits per heavy atom. The fourth-order valence-electron chi connectivity index (χ4n) is 2.72. The van der Waals surface area contributed by atoms with Crippen molar-refractivity contribution in [2.45, 2.75) is 30.1 Å². The Hall–Kier alpha value is -1.69. The highest BCUT2D eigenvalue weighted by Crippen LogP contribution is 2.28. The first-order valence-electron chi connectivity index (χ1n) is 9.29. The molecule has 0 fully saturated rings. The lowest BCUT2D eigenvalue weighted by atomic mass is 10.2. The van der Waals surface area contributed by atoms with Crippen molar-refractivity contribution in [3.63, 3.8) is 0 Å². The largest absolute Gasteiger partial charge is 0.482 e. The van der Waals surface area contributed by atoms with E-state index < -0.39 is 39.1 Å². The zero-order valence-corrected chi connectivity index (χ0v) is 20.1. The molecule has 0 saturated carbocycles. The van der Waals surface area contributed by atoms with E-state index in [1.165, 1.54) is 11.8 Å². The summed E-state index contributed by atoms with van der Waals surface area (Å²) in [7, 11) is -4.21. The van der Waals surface area contributed by atoms with E-state index in [1.807, 2.05) is 6.07 Å². The van der Waals surface area contributed by atoms with E-state index in [9.17, 15) is 22.0 Å². The second-order valence-corrected chi connectivity index (χ2v) is 10.5. The predicted octanol–water partition coefficient (Wildman–Crippen LogP) is 4.69. The van der Waals surface area contributed by atoms with E-state index in [1.54, 1.807) is 26.0 Å². The van der Waals surface area contributed by atoms with Crippen LogP contribution in [0.4, 0.5) is 8.78 Å². The molecule has 0 aliphatic rings. The van der Waals surface area contributed by atoms with Gasteiger partial charge in [0.15, 0.2) is 6.61 Å². The minimum absolute atomic E-state index is 0.105. The molecule has 0 unspecified atom stereocenters. The van der Waals surface area contributed by atoms with Crippen molar-refractivity contribution in [2.75, 3.05) is 25.4 Å². The third-order valence-electron chi connectivity index (χ3n) is 4.17. The molecule has 0 aliphatic heterocycles. The molecular formula is C20H22BrF2NO5S2. The van der Waals surface area contributed by atoms with Crippen LogP contribution in [-0.4, -0.2) is 49.2 Å². The van der Waals surface area contributed by atoms with Crippen molar-refractivity contribution in [2.24, 2.45) is 0 Å². The number of rotatable bonds is 11. The van der Waals surface area contributed by atoms with Gasteiger partial charge in [-0.25, -0.2) is 22.0 Å². The van der Waals surface area contributed by atoms with Crippen LogP contribution in [0.25, 0.3) is 0 Å². The summed E-state index contributed by atoms with van der Waals surface area (Å²) in [5.74, 6) is -2.11. The van der Waals surface area contributed by atoms with Crippen LogP contribution >= 0.6 is 27.7 Å². The molecule has 0 amide bonds. The fraction of sp³-hybridized carbons (Fsp3) is 0.350. The number of aryl methyl sites for hydroxylation is 1. The SMILES string of the molecule is CCCN(CCSc1ccc(OCC(=O)O)c(C)c1)S(=O)(=O)c1cc(F)c(Br)cc1F. The Balaban J connectivity index is 2.10. The van der Waals surface area contributed by atoms with Gasteiger partial charge in [0.1, 0.15) is 22.3 Å². The average molecular weight is 538 g/mol. The molecule has 2 aromatic rings. The molecule has 11 heteroatoms. The van der Waals surface area contributed by atoms with Gasteiger partial charge in [0.2, 0.25) is 10.0 Å². The summed E-state index contributed by atoms with van der Waals surface area (Å²) >= 11 is 4.24. The quantitative estimate of drug-likeness (QED) is 0.330. The molecule has 0 spiro atoms. The first kappa shape index (κ1) is 25.6. The van der Waals surface area contributed by atoms with Gasteiger partial charge in [0, 0.05) is 23.7 Å². The summed E-state index contributed by atoms with van der Waals surface area (Å²) in [4.78, 5) is 10.8. The summed E-state index contributed by atoms with van der Waals surface area (Å²) in [5, 5.41) is 8.70. The van der Waals surface area contributed by atoms with Gasteiger partial charge in [-0.15, -0.1) is 11.8 Å². The molecule has 0 heterocycles. The molecule has 31 heavy (non-hydrogen) atoms. The molecule has 0 radical (unpaired) electrons. The molecule has 0 atom stereocenters. The highest BCUT2D eigenvalue weighted by atomic mass is 79.9. The van der Waals surface area contributed by atoms with Gasteiger partial charge in [-0.05, 0) is 65.2 Å². The lowest BCUT2D eigenvalue weighted by Crippen LogP contribution is -2.34. The van der Waals surface area contributed by atoms with Crippen LogP contribution in [0.2, 0.25) is 0 Å². The van der Waals surface area contributed by atoms with E-state index in [-0.39, 0.29) is 17.6 Å². The van der Waals surface area contributed by atoms with Crippen LogP contribution in [0.15, 0.2) is 44.6 Å². The topological polar surface area (TPSA) is 83.9 Å². The number of carboxylic acids is 1. The predicted molar refractivity (Wildman–Crippen MR) is 118 cm³/mol. The van der Waals surface area contributed by atoms with Crippen LogP contribution in [0.5, 0.6) is 5.75 Å². The number of carbonyl (C=O) groups is 1. The number of benzene rings is 2. The van der Waals surface area contributed by atoms with Crippen LogP contribution < -0.4 is 4.74 Å². The zero-order valence-electron chi connectivity index (χ0n) is 16.9. The summed E-state index contributed by atoms with van der Waals surface area (Å²) in [6.45, 7) is 3.41. The van der Waals surface area contributed by atoms with E-state index in [0.29, 0.717) is 24.0 Å². The molecule has 0 aromatic heterocycles. The van der Waals surface area contributed by atoms with Crippen molar-refractivity contribution in [3.05, 3.63) is 52.0 Å². The number of thioether (sulfide) groups is 1. The van der Waals surface area contributed by atoms with Gasteiger partial charge in [0.05, 0.1) is 4.47 Å². The number of ether oxygens (including phenoxy) is 1. The number of sulfonamides is 1. The smallest absolute Gasteiger partial charge is 0.341 e. The van der Waals surface area contributed by atoms with Crippen LogP contribution in [0.1, 0.15) is 18.9 Å². The first-order chi connectivity index (χ1) is 14.6.